The maximum absolute atomic E-state index is 12.3. The van der Waals surface area contributed by atoms with Crippen molar-refractivity contribution in [1.82, 2.24) is 4.98 Å². The van der Waals surface area contributed by atoms with Gasteiger partial charge in [0.05, 0.1) is 29.6 Å². The second-order valence-electron chi connectivity index (χ2n) is 4.92. The van der Waals surface area contributed by atoms with Gasteiger partial charge in [-0.2, -0.15) is 0 Å². The van der Waals surface area contributed by atoms with Crippen molar-refractivity contribution < 1.29 is 9.53 Å². The van der Waals surface area contributed by atoms with E-state index < -0.39 is 0 Å². The van der Waals surface area contributed by atoms with Gasteiger partial charge in [0.2, 0.25) is 0 Å². The molecule has 3 rings (SSSR count). The highest BCUT2D eigenvalue weighted by molar-refractivity contribution is 6.41. The van der Waals surface area contributed by atoms with Gasteiger partial charge in [0.25, 0.3) is 5.91 Å². The van der Waals surface area contributed by atoms with E-state index >= 15 is 0 Å². The first kappa shape index (κ1) is 15.2. The Morgan fingerprint density at radius 1 is 1.23 bits per heavy atom. The number of amides is 1. The minimum absolute atomic E-state index is 0.258. The third-order valence-corrected chi connectivity index (χ3v) is 4.17. The number of rotatable bonds is 3. The van der Waals surface area contributed by atoms with E-state index in [9.17, 15) is 4.79 Å². The summed E-state index contributed by atoms with van der Waals surface area (Å²) in [5.74, 6) is -0.283. The molecule has 0 atom stereocenters. The van der Waals surface area contributed by atoms with Gasteiger partial charge in [-0.3, -0.25) is 4.79 Å². The predicted octanol–water partition coefficient (Wildman–Crippen LogP) is 3.41. The number of carbonyl (C=O) groups excluding carboxylic acids is 1. The molecule has 1 saturated heterocycles. The van der Waals surface area contributed by atoms with Crippen LogP contribution in [0.4, 0.5) is 11.4 Å². The number of aromatic nitrogens is 1. The molecule has 0 aliphatic carbocycles. The van der Waals surface area contributed by atoms with Crippen molar-refractivity contribution in [2.45, 2.75) is 0 Å². The molecular formula is C15H15Cl2N3O2. The van der Waals surface area contributed by atoms with E-state index in [1.165, 1.54) is 6.07 Å². The molecule has 7 heteroatoms. The molecule has 1 amide bonds. The van der Waals surface area contributed by atoms with Crippen LogP contribution < -0.4 is 10.2 Å². The fraction of sp³-hybridized carbons (Fsp3) is 0.267. The summed E-state index contributed by atoms with van der Waals surface area (Å²) in [5.41, 5.74) is 2.05. The van der Waals surface area contributed by atoms with Crippen molar-refractivity contribution >= 4 is 40.5 Å². The minimum Gasteiger partial charge on any atom is -0.378 e. The Kier molecular flexibility index (Phi) is 4.57. The zero-order valence-corrected chi connectivity index (χ0v) is 13.2. The summed E-state index contributed by atoms with van der Waals surface area (Å²) in [7, 11) is 0. The van der Waals surface area contributed by atoms with Gasteiger partial charge in [0.1, 0.15) is 10.8 Å². The lowest BCUT2D eigenvalue weighted by molar-refractivity contribution is 0.102. The van der Waals surface area contributed by atoms with Crippen LogP contribution >= 0.6 is 23.2 Å². The van der Waals surface area contributed by atoms with Gasteiger partial charge in [-0.1, -0.05) is 35.3 Å². The molecule has 0 unspecified atom stereocenters. The van der Waals surface area contributed by atoms with E-state index in [1.54, 1.807) is 0 Å². The lowest BCUT2D eigenvalue weighted by Gasteiger charge is -2.30. The normalized spacial score (nSPS) is 14.9. The number of benzene rings is 1. The average molecular weight is 340 g/mol. The SMILES string of the molecule is O=C(Nc1ccccc1N1CCOCC1)c1cc(Cl)c(Cl)[nH]1. The van der Waals surface area contributed by atoms with Crippen LogP contribution in [0.2, 0.25) is 10.2 Å². The predicted molar refractivity (Wildman–Crippen MR) is 88.2 cm³/mol. The highest BCUT2D eigenvalue weighted by Crippen LogP contribution is 2.28. The van der Waals surface area contributed by atoms with Crippen molar-refractivity contribution in [3.8, 4) is 0 Å². The van der Waals surface area contributed by atoms with E-state index in [4.69, 9.17) is 27.9 Å². The minimum atomic E-state index is -0.283. The van der Waals surface area contributed by atoms with Gasteiger partial charge >= 0.3 is 0 Å². The monoisotopic (exact) mass is 339 g/mol. The summed E-state index contributed by atoms with van der Waals surface area (Å²) in [4.78, 5) is 17.3. The molecule has 2 N–H and O–H groups in total. The molecule has 1 aromatic heterocycles. The van der Waals surface area contributed by atoms with Crippen LogP contribution in [0, 0.1) is 0 Å². The molecule has 0 spiro atoms. The molecule has 1 aromatic carbocycles. The van der Waals surface area contributed by atoms with Crippen molar-refractivity contribution in [2.24, 2.45) is 0 Å². The van der Waals surface area contributed by atoms with E-state index in [1.807, 2.05) is 24.3 Å². The van der Waals surface area contributed by atoms with Crippen LogP contribution in [-0.4, -0.2) is 37.2 Å². The first-order valence-electron chi connectivity index (χ1n) is 6.92. The second kappa shape index (κ2) is 6.60. The summed E-state index contributed by atoms with van der Waals surface area (Å²) in [6.07, 6.45) is 0. The van der Waals surface area contributed by atoms with Crippen LogP contribution in [0.5, 0.6) is 0 Å². The summed E-state index contributed by atoms with van der Waals surface area (Å²) in [6.45, 7) is 2.97. The molecule has 5 nitrogen and oxygen atoms in total. The van der Waals surface area contributed by atoms with Gasteiger partial charge in [-0.25, -0.2) is 0 Å². The Hall–Kier alpha value is -1.69. The average Bonchev–Trinajstić information content (AvgIpc) is 2.88. The van der Waals surface area contributed by atoms with Crippen LogP contribution in [-0.2, 0) is 4.74 Å². The zero-order chi connectivity index (χ0) is 15.5. The third kappa shape index (κ3) is 3.21. The highest BCUT2D eigenvalue weighted by atomic mass is 35.5. The lowest BCUT2D eigenvalue weighted by Crippen LogP contribution is -2.36. The van der Waals surface area contributed by atoms with Crippen LogP contribution in [0.3, 0.4) is 0 Å². The van der Waals surface area contributed by atoms with Gasteiger partial charge < -0.3 is 19.9 Å². The largest absolute Gasteiger partial charge is 0.378 e. The topological polar surface area (TPSA) is 57.4 Å². The fourth-order valence-corrected chi connectivity index (χ4v) is 2.69. The van der Waals surface area contributed by atoms with Crippen LogP contribution in [0.15, 0.2) is 30.3 Å². The molecule has 116 valence electrons. The van der Waals surface area contributed by atoms with E-state index in [-0.39, 0.29) is 11.1 Å². The Bertz CT molecular complexity index is 662. The quantitative estimate of drug-likeness (QED) is 0.900. The van der Waals surface area contributed by atoms with Gasteiger partial charge in [0, 0.05) is 13.1 Å². The third-order valence-electron chi connectivity index (χ3n) is 3.47. The summed E-state index contributed by atoms with van der Waals surface area (Å²) in [6, 6.07) is 9.19. The number of H-pyrrole nitrogens is 1. The molecule has 1 aliphatic heterocycles. The number of nitrogens with one attached hydrogen (secondary N) is 2. The maximum Gasteiger partial charge on any atom is 0.272 e. The summed E-state index contributed by atoms with van der Waals surface area (Å²) >= 11 is 11.7. The summed E-state index contributed by atoms with van der Waals surface area (Å²) in [5, 5.41) is 3.48. The fourth-order valence-electron chi connectivity index (χ4n) is 2.38. The molecule has 1 fully saturated rings. The zero-order valence-electron chi connectivity index (χ0n) is 11.7. The molecule has 0 radical (unpaired) electrons. The van der Waals surface area contributed by atoms with Gasteiger partial charge in [0.15, 0.2) is 0 Å². The molecule has 22 heavy (non-hydrogen) atoms. The second-order valence-corrected chi connectivity index (χ2v) is 5.70. The summed E-state index contributed by atoms with van der Waals surface area (Å²) < 4.78 is 5.36. The molecular weight excluding hydrogens is 325 g/mol. The Morgan fingerprint density at radius 3 is 2.64 bits per heavy atom. The molecule has 0 bridgehead atoms. The number of ether oxygens (including phenoxy) is 1. The smallest absolute Gasteiger partial charge is 0.272 e. The number of carbonyl (C=O) groups is 1. The van der Waals surface area contributed by atoms with Crippen LogP contribution in [0.1, 0.15) is 10.5 Å². The Morgan fingerprint density at radius 2 is 1.95 bits per heavy atom. The molecule has 2 heterocycles. The Labute approximate surface area is 138 Å². The van der Waals surface area contributed by atoms with Crippen molar-refractivity contribution in [3.05, 3.63) is 46.2 Å². The van der Waals surface area contributed by atoms with Crippen molar-refractivity contribution in [3.63, 3.8) is 0 Å². The number of morpholine rings is 1. The van der Waals surface area contributed by atoms with E-state index in [0.717, 1.165) is 24.5 Å². The first-order valence-corrected chi connectivity index (χ1v) is 7.68. The number of aromatic amines is 1. The number of halogens is 2. The van der Waals surface area contributed by atoms with Crippen LogP contribution in [0.25, 0.3) is 0 Å². The number of para-hydroxylation sites is 2. The standard InChI is InChI=1S/C15H15Cl2N3O2/c16-10-9-12(18-14(10)17)15(21)19-11-3-1-2-4-13(11)20-5-7-22-8-6-20/h1-4,9,18H,5-8H2,(H,19,21). The molecule has 0 saturated carbocycles. The number of nitrogens with zero attached hydrogens (tertiary/aromatic N) is 1. The number of hydrogen-bond donors (Lipinski definition) is 2. The van der Waals surface area contributed by atoms with Gasteiger partial charge in [-0.05, 0) is 18.2 Å². The van der Waals surface area contributed by atoms with Crippen molar-refractivity contribution in [1.29, 1.82) is 0 Å². The van der Waals surface area contributed by atoms with Crippen molar-refractivity contribution in [2.75, 3.05) is 36.5 Å². The van der Waals surface area contributed by atoms with E-state index in [0.29, 0.717) is 23.9 Å². The lowest BCUT2D eigenvalue weighted by atomic mass is 10.2. The van der Waals surface area contributed by atoms with Gasteiger partial charge in [-0.15, -0.1) is 0 Å². The molecule has 1 aliphatic rings. The van der Waals surface area contributed by atoms with E-state index in [2.05, 4.69) is 15.2 Å². The first-order chi connectivity index (χ1) is 10.6. The molecule has 2 aromatic rings. The maximum atomic E-state index is 12.3. The Balaban J connectivity index is 1.81. The number of anilines is 2. The number of hydrogen-bond acceptors (Lipinski definition) is 3. The highest BCUT2D eigenvalue weighted by Gasteiger charge is 2.17.